The molecule has 2 amide bonds. The van der Waals surface area contributed by atoms with Crippen molar-refractivity contribution in [3.05, 3.63) is 68.4 Å². The van der Waals surface area contributed by atoms with E-state index >= 15 is 0 Å². The van der Waals surface area contributed by atoms with Crippen LogP contribution in [0.3, 0.4) is 0 Å². The average molecular weight is 474 g/mol. The van der Waals surface area contributed by atoms with Crippen LogP contribution in [0.25, 0.3) is 0 Å². The first-order valence-corrected chi connectivity index (χ1v) is 10.2. The fraction of sp³-hybridized carbons (Fsp3) is 0.143. The number of nitrogens with one attached hydrogen (secondary N) is 4. The van der Waals surface area contributed by atoms with Gasteiger partial charge >= 0.3 is 0 Å². The standard InChI is InChI=1S/C21H17Cl2N5O4/c1-32-14-8-3-2-6-12(14)25-21-27-18-16(20(31)28-21)10(9-15(29)26-18)19(30)24-13-7-4-5-11(22)17(13)23/h2-8,10H,9H2,1H3,(H,24,30)(H3,25,26,27,28,29,31). The van der Waals surface area contributed by atoms with Crippen molar-refractivity contribution in [2.75, 3.05) is 23.1 Å². The second kappa shape index (κ2) is 8.89. The Balaban J connectivity index is 1.66. The Bertz CT molecular complexity index is 1280. The lowest BCUT2D eigenvalue weighted by atomic mass is 9.92. The lowest BCUT2D eigenvalue weighted by Gasteiger charge is -2.24. The summed E-state index contributed by atoms with van der Waals surface area (Å²) in [5, 5.41) is 8.56. The van der Waals surface area contributed by atoms with E-state index in [2.05, 4.69) is 25.9 Å². The summed E-state index contributed by atoms with van der Waals surface area (Å²) < 4.78 is 5.28. The molecule has 1 aliphatic rings. The van der Waals surface area contributed by atoms with Gasteiger partial charge in [-0.05, 0) is 24.3 Å². The number of carbonyl (C=O) groups excluding carboxylic acids is 2. The molecule has 0 saturated carbocycles. The summed E-state index contributed by atoms with van der Waals surface area (Å²) in [5.41, 5.74) is 0.316. The van der Waals surface area contributed by atoms with Crippen molar-refractivity contribution in [1.82, 2.24) is 9.97 Å². The van der Waals surface area contributed by atoms with Crippen molar-refractivity contribution in [2.45, 2.75) is 12.3 Å². The normalized spacial score (nSPS) is 14.8. The van der Waals surface area contributed by atoms with Gasteiger partial charge in [0.05, 0.1) is 40.0 Å². The SMILES string of the molecule is COc1ccccc1Nc1nc2c(c(=O)[nH]1)C(C(=O)Nc1cccc(Cl)c1Cl)CC(=O)N2. The average Bonchev–Trinajstić information content (AvgIpc) is 2.76. The number of amides is 2. The molecule has 1 atom stereocenters. The molecule has 9 nitrogen and oxygen atoms in total. The molecule has 0 aliphatic carbocycles. The van der Waals surface area contributed by atoms with Crippen LogP contribution < -0.4 is 26.2 Å². The number of aromatic amines is 1. The highest BCUT2D eigenvalue weighted by Crippen LogP contribution is 2.34. The summed E-state index contributed by atoms with van der Waals surface area (Å²) in [4.78, 5) is 45.0. The van der Waals surface area contributed by atoms with Gasteiger partial charge in [-0.2, -0.15) is 4.98 Å². The molecule has 11 heteroatoms. The number of H-pyrrole nitrogens is 1. The minimum atomic E-state index is -1.06. The number of fused-ring (bicyclic) bond motifs is 1. The summed E-state index contributed by atoms with van der Waals surface area (Å²) in [5.74, 6) is -1.48. The van der Waals surface area contributed by atoms with Crippen LogP contribution in [0.5, 0.6) is 5.75 Å². The molecule has 0 spiro atoms. The second-order valence-electron chi connectivity index (χ2n) is 6.90. The van der Waals surface area contributed by atoms with Crippen LogP contribution in [0.2, 0.25) is 10.0 Å². The Morgan fingerprint density at radius 2 is 1.88 bits per heavy atom. The number of rotatable bonds is 5. The van der Waals surface area contributed by atoms with Crippen molar-refractivity contribution in [2.24, 2.45) is 0 Å². The number of hydrogen-bond acceptors (Lipinski definition) is 6. The van der Waals surface area contributed by atoms with Gasteiger partial charge in [0, 0.05) is 6.42 Å². The first kappa shape index (κ1) is 21.7. The van der Waals surface area contributed by atoms with Gasteiger partial charge in [0.25, 0.3) is 5.56 Å². The van der Waals surface area contributed by atoms with Crippen LogP contribution >= 0.6 is 23.2 Å². The monoisotopic (exact) mass is 473 g/mol. The number of aromatic nitrogens is 2. The number of methoxy groups -OCH3 is 1. The third-order valence-corrected chi connectivity index (χ3v) is 5.66. The summed E-state index contributed by atoms with van der Waals surface area (Å²) in [6, 6.07) is 11.8. The Morgan fingerprint density at radius 3 is 2.66 bits per heavy atom. The van der Waals surface area contributed by atoms with Gasteiger partial charge < -0.3 is 20.7 Å². The van der Waals surface area contributed by atoms with E-state index in [0.29, 0.717) is 11.4 Å². The Hall–Kier alpha value is -3.56. The van der Waals surface area contributed by atoms with Gasteiger partial charge in [0.15, 0.2) is 0 Å². The van der Waals surface area contributed by atoms with E-state index in [1.54, 1.807) is 42.5 Å². The third kappa shape index (κ3) is 4.25. The number of halogens is 2. The fourth-order valence-electron chi connectivity index (χ4n) is 3.35. The van der Waals surface area contributed by atoms with Gasteiger partial charge in [-0.1, -0.05) is 41.4 Å². The zero-order chi connectivity index (χ0) is 22.8. The Morgan fingerprint density at radius 1 is 1.12 bits per heavy atom. The molecule has 4 N–H and O–H groups in total. The zero-order valence-corrected chi connectivity index (χ0v) is 18.2. The van der Waals surface area contributed by atoms with Gasteiger partial charge in [-0.15, -0.1) is 0 Å². The molecule has 32 heavy (non-hydrogen) atoms. The van der Waals surface area contributed by atoms with E-state index < -0.39 is 23.3 Å². The highest BCUT2D eigenvalue weighted by molar-refractivity contribution is 6.44. The molecule has 4 rings (SSSR count). The molecule has 0 bridgehead atoms. The largest absolute Gasteiger partial charge is 0.495 e. The second-order valence-corrected chi connectivity index (χ2v) is 7.68. The van der Waals surface area contributed by atoms with E-state index in [1.807, 2.05) is 0 Å². The lowest BCUT2D eigenvalue weighted by Crippen LogP contribution is -2.36. The number of anilines is 4. The first-order chi connectivity index (χ1) is 15.4. The van der Waals surface area contributed by atoms with E-state index in [4.69, 9.17) is 27.9 Å². The van der Waals surface area contributed by atoms with Crippen LogP contribution in [0.4, 0.5) is 23.1 Å². The predicted octanol–water partition coefficient (Wildman–Crippen LogP) is 3.89. The number of para-hydroxylation sites is 2. The van der Waals surface area contributed by atoms with Crippen molar-refractivity contribution < 1.29 is 14.3 Å². The molecule has 3 aromatic rings. The summed E-state index contributed by atoms with van der Waals surface area (Å²) in [6.07, 6.45) is -0.221. The van der Waals surface area contributed by atoms with E-state index in [-0.39, 0.29) is 39.5 Å². The molecular formula is C21H17Cl2N5O4. The molecular weight excluding hydrogens is 457 g/mol. The Kier molecular flexibility index (Phi) is 6.02. The van der Waals surface area contributed by atoms with Crippen molar-refractivity contribution in [3.8, 4) is 5.75 Å². The Labute approximate surface area is 192 Å². The van der Waals surface area contributed by atoms with E-state index in [0.717, 1.165) is 0 Å². The third-order valence-electron chi connectivity index (χ3n) is 4.84. The van der Waals surface area contributed by atoms with E-state index in [9.17, 15) is 14.4 Å². The highest BCUT2D eigenvalue weighted by Gasteiger charge is 2.35. The van der Waals surface area contributed by atoms with Gasteiger partial charge in [0.2, 0.25) is 17.8 Å². The smallest absolute Gasteiger partial charge is 0.258 e. The molecule has 1 aromatic heterocycles. The maximum atomic E-state index is 12.9. The van der Waals surface area contributed by atoms with Crippen LogP contribution in [0.15, 0.2) is 47.3 Å². The number of ether oxygens (including phenoxy) is 1. The maximum Gasteiger partial charge on any atom is 0.258 e. The van der Waals surface area contributed by atoms with Crippen LogP contribution in [0, 0.1) is 0 Å². The van der Waals surface area contributed by atoms with Crippen LogP contribution in [0.1, 0.15) is 17.9 Å². The summed E-state index contributed by atoms with van der Waals surface area (Å²) >= 11 is 12.1. The molecule has 0 radical (unpaired) electrons. The molecule has 0 saturated heterocycles. The zero-order valence-electron chi connectivity index (χ0n) is 16.7. The van der Waals surface area contributed by atoms with Crippen molar-refractivity contribution in [1.29, 1.82) is 0 Å². The molecule has 1 aliphatic heterocycles. The minimum Gasteiger partial charge on any atom is -0.495 e. The molecule has 164 valence electrons. The van der Waals surface area contributed by atoms with Gasteiger partial charge in [-0.25, -0.2) is 0 Å². The van der Waals surface area contributed by atoms with Crippen molar-refractivity contribution in [3.63, 3.8) is 0 Å². The number of benzene rings is 2. The lowest BCUT2D eigenvalue weighted by molar-refractivity contribution is -0.123. The molecule has 0 fully saturated rings. The summed E-state index contributed by atoms with van der Waals surface area (Å²) in [6.45, 7) is 0. The van der Waals surface area contributed by atoms with Gasteiger partial charge in [-0.3, -0.25) is 19.4 Å². The predicted molar refractivity (Wildman–Crippen MR) is 122 cm³/mol. The molecule has 2 heterocycles. The van der Waals surface area contributed by atoms with E-state index in [1.165, 1.54) is 7.11 Å². The molecule has 1 unspecified atom stereocenters. The van der Waals surface area contributed by atoms with Crippen molar-refractivity contribution >= 4 is 58.2 Å². The first-order valence-electron chi connectivity index (χ1n) is 9.46. The minimum absolute atomic E-state index is 0.000242. The van der Waals surface area contributed by atoms with Gasteiger partial charge in [0.1, 0.15) is 11.6 Å². The highest BCUT2D eigenvalue weighted by atomic mass is 35.5. The number of carbonyl (C=O) groups is 2. The fourth-order valence-corrected chi connectivity index (χ4v) is 3.70. The quantitative estimate of drug-likeness (QED) is 0.445. The summed E-state index contributed by atoms with van der Waals surface area (Å²) in [7, 11) is 1.51. The topological polar surface area (TPSA) is 125 Å². The number of hydrogen-bond donors (Lipinski definition) is 4. The molecule has 2 aromatic carbocycles. The van der Waals surface area contributed by atoms with Crippen LogP contribution in [-0.2, 0) is 9.59 Å². The maximum absolute atomic E-state index is 12.9. The van der Waals surface area contributed by atoms with Crippen LogP contribution in [-0.4, -0.2) is 28.9 Å². The number of nitrogens with zero attached hydrogens (tertiary/aromatic N) is 1.